The topological polar surface area (TPSA) is 20.2 Å². The summed E-state index contributed by atoms with van der Waals surface area (Å²) in [5.74, 6) is 0.271. The van der Waals surface area contributed by atoms with E-state index in [2.05, 4.69) is 0 Å². The number of hydrogen-bond acceptors (Lipinski definition) is 1. The molecule has 0 saturated heterocycles. The summed E-state index contributed by atoms with van der Waals surface area (Å²) in [5, 5.41) is 12.0. The van der Waals surface area contributed by atoms with Crippen molar-refractivity contribution in [3.63, 3.8) is 0 Å². The molecule has 0 heterocycles. The zero-order valence-corrected chi connectivity index (χ0v) is 7.97. The molecule has 2 rings (SSSR count). The van der Waals surface area contributed by atoms with E-state index in [-0.39, 0.29) is 5.75 Å². The summed E-state index contributed by atoms with van der Waals surface area (Å²) in [6.07, 6.45) is 0. The molecule has 0 radical (unpaired) electrons. The molecule has 1 N–H and O–H groups in total. The van der Waals surface area contributed by atoms with Crippen molar-refractivity contribution >= 4 is 22.4 Å². The maximum Gasteiger partial charge on any atom is 0.116 e. The van der Waals surface area contributed by atoms with Gasteiger partial charge in [0.2, 0.25) is 0 Å². The summed E-state index contributed by atoms with van der Waals surface area (Å²) < 4.78 is 0. The van der Waals surface area contributed by atoms with E-state index in [4.69, 9.17) is 11.6 Å². The highest BCUT2D eigenvalue weighted by Crippen LogP contribution is 2.28. The van der Waals surface area contributed by atoms with Gasteiger partial charge in [-0.25, -0.2) is 0 Å². The van der Waals surface area contributed by atoms with Crippen LogP contribution in [0, 0.1) is 6.92 Å². The predicted molar refractivity (Wildman–Crippen MR) is 55.4 cm³/mol. The van der Waals surface area contributed by atoms with Crippen LogP contribution in [0.15, 0.2) is 30.3 Å². The number of hydrogen-bond donors (Lipinski definition) is 1. The fourth-order valence-electron chi connectivity index (χ4n) is 1.39. The highest BCUT2D eigenvalue weighted by atomic mass is 35.5. The van der Waals surface area contributed by atoms with Crippen LogP contribution < -0.4 is 0 Å². The number of rotatable bonds is 0. The molecule has 0 saturated carbocycles. The molecule has 0 bridgehead atoms. The van der Waals surface area contributed by atoms with Gasteiger partial charge in [-0.2, -0.15) is 0 Å². The predicted octanol–water partition coefficient (Wildman–Crippen LogP) is 3.51. The van der Waals surface area contributed by atoms with Crippen LogP contribution in [0.1, 0.15) is 5.56 Å². The van der Waals surface area contributed by atoms with Crippen molar-refractivity contribution in [1.82, 2.24) is 0 Å². The standard InChI is InChI=1S/C11H9ClO/c1-7-2-3-8-6-9(13)4-5-10(8)11(7)12/h2-6,13H,1H3. The summed E-state index contributed by atoms with van der Waals surface area (Å²) in [6.45, 7) is 1.97. The number of benzene rings is 2. The minimum absolute atomic E-state index is 0.271. The lowest BCUT2D eigenvalue weighted by Crippen LogP contribution is -1.78. The second-order valence-corrected chi connectivity index (χ2v) is 3.48. The van der Waals surface area contributed by atoms with Crippen LogP contribution in [-0.4, -0.2) is 5.11 Å². The van der Waals surface area contributed by atoms with Gasteiger partial charge in [-0.05, 0) is 36.1 Å². The Labute approximate surface area is 81.6 Å². The Morgan fingerprint density at radius 1 is 1.15 bits per heavy atom. The number of aryl methyl sites for hydroxylation is 1. The lowest BCUT2D eigenvalue weighted by molar-refractivity contribution is 0.476. The molecule has 2 aromatic carbocycles. The molecule has 0 aliphatic heterocycles. The third kappa shape index (κ3) is 1.36. The van der Waals surface area contributed by atoms with E-state index in [9.17, 15) is 5.11 Å². The first kappa shape index (κ1) is 8.39. The second kappa shape index (κ2) is 2.93. The minimum atomic E-state index is 0.271. The average Bonchev–Trinajstić information content (AvgIpc) is 2.12. The summed E-state index contributed by atoms with van der Waals surface area (Å²) in [7, 11) is 0. The molecule has 2 aromatic rings. The Kier molecular flexibility index (Phi) is 1.89. The molecule has 0 aromatic heterocycles. The minimum Gasteiger partial charge on any atom is -0.508 e. The largest absolute Gasteiger partial charge is 0.508 e. The van der Waals surface area contributed by atoms with Crippen molar-refractivity contribution in [2.45, 2.75) is 6.92 Å². The van der Waals surface area contributed by atoms with Gasteiger partial charge in [0.15, 0.2) is 0 Å². The van der Waals surface area contributed by atoms with E-state index < -0.39 is 0 Å². The Bertz CT molecular complexity index is 463. The molecular formula is C11H9ClO. The maximum atomic E-state index is 9.25. The first-order valence-electron chi connectivity index (χ1n) is 4.06. The highest BCUT2D eigenvalue weighted by molar-refractivity contribution is 6.36. The summed E-state index contributed by atoms with van der Waals surface area (Å²) in [6, 6.07) is 9.09. The molecule has 0 amide bonds. The number of phenols is 1. The van der Waals surface area contributed by atoms with Crippen LogP contribution in [0.3, 0.4) is 0 Å². The first-order chi connectivity index (χ1) is 6.18. The Balaban J connectivity index is 2.87. The number of aromatic hydroxyl groups is 1. The number of phenolic OH excluding ortho intramolecular Hbond substituents is 1. The molecule has 0 aliphatic carbocycles. The van der Waals surface area contributed by atoms with E-state index >= 15 is 0 Å². The zero-order valence-electron chi connectivity index (χ0n) is 7.21. The van der Waals surface area contributed by atoms with Gasteiger partial charge in [0, 0.05) is 5.39 Å². The maximum absolute atomic E-state index is 9.25. The Morgan fingerprint density at radius 2 is 1.92 bits per heavy atom. The molecule has 0 aliphatic rings. The zero-order chi connectivity index (χ0) is 9.42. The van der Waals surface area contributed by atoms with Crippen LogP contribution in [0.2, 0.25) is 5.02 Å². The van der Waals surface area contributed by atoms with E-state index in [1.807, 2.05) is 25.1 Å². The van der Waals surface area contributed by atoms with Crippen LogP contribution in [0.4, 0.5) is 0 Å². The first-order valence-corrected chi connectivity index (χ1v) is 4.44. The van der Waals surface area contributed by atoms with E-state index in [0.29, 0.717) is 0 Å². The molecule has 0 atom stereocenters. The van der Waals surface area contributed by atoms with Crippen LogP contribution in [-0.2, 0) is 0 Å². The summed E-state index contributed by atoms with van der Waals surface area (Å²) in [5.41, 5.74) is 1.06. The van der Waals surface area contributed by atoms with Crippen LogP contribution in [0.5, 0.6) is 5.75 Å². The Morgan fingerprint density at radius 3 is 2.69 bits per heavy atom. The molecule has 0 fully saturated rings. The van der Waals surface area contributed by atoms with Gasteiger partial charge in [-0.1, -0.05) is 23.7 Å². The monoisotopic (exact) mass is 192 g/mol. The highest BCUT2D eigenvalue weighted by Gasteiger charge is 2.01. The van der Waals surface area contributed by atoms with Gasteiger partial charge in [0.25, 0.3) is 0 Å². The molecule has 1 nitrogen and oxygen atoms in total. The molecule has 66 valence electrons. The number of fused-ring (bicyclic) bond motifs is 1. The molecule has 13 heavy (non-hydrogen) atoms. The molecule has 2 heteroatoms. The third-order valence-electron chi connectivity index (χ3n) is 2.13. The molecular weight excluding hydrogens is 184 g/mol. The fraction of sp³-hybridized carbons (Fsp3) is 0.0909. The van der Waals surface area contributed by atoms with Crippen molar-refractivity contribution in [2.75, 3.05) is 0 Å². The summed E-state index contributed by atoms with van der Waals surface area (Å²) in [4.78, 5) is 0. The fourth-order valence-corrected chi connectivity index (χ4v) is 1.62. The van der Waals surface area contributed by atoms with Crippen molar-refractivity contribution in [1.29, 1.82) is 0 Å². The smallest absolute Gasteiger partial charge is 0.116 e. The normalized spacial score (nSPS) is 10.6. The van der Waals surface area contributed by atoms with Crippen molar-refractivity contribution in [3.8, 4) is 5.75 Å². The molecule has 0 spiro atoms. The third-order valence-corrected chi connectivity index (χ3v) is 2.63. The second-order valence-electron chi connectivity index (χ2n) is 3.10. The molecule has 0 unspecified atom stereocenters. The van der Waals surface area contributed by atoms with Gasteiger partial charge >= 0.3 is 0 Å². The lowest BCUT2D eigenvalue weighted by Gasteiger charge is -2.03. The average molecular weight is 193 g/mol. The van der Waals surface area contributed by atoms with Crippen LogP contribution in [0.25, 0.3) is 10.8 Å². The lowest BCUT2D eigenvalue weighted by atomic mass is 10.1. The quantitative estimate of drug-likeness (QED) is 0.677. The van der Waals surface area contributed by atoms with E-state index in [0.717, 1.165) is 21.4 Å². The van der Waals surface area contributed by atoms with Gasteiger partial charge in [0.05, 0.1) is 5.02 Å². The van der Waals surface area contributed by atoms with Gasteiger partial charge in [-0.15, -0.1) is 0 Å². The Hall–Kier alpha value is -1.21. The van der Waals surface area contributed by atoms with Gasteiger partial charge < -0.3 is 5.11 Å². The van der Waals surface area contributed by atoms with Gasteiger partial charge in [-0.3, -0.25) is 0 Å². The van der Waals surface area contributed by atoms with Crippen LogP contribution >= 0.6 is 11.6 Å². The van der Waals surface area contributed by atoms with Crippen molar-refractivity contribution in [3.05, 3.63) is 40.9 Å². The SMILES string of the molecule is Cc1ccc2cc(O)ccc2c1Cl. The van der Waals surface area contributed by atoms with Crippen molar-refractivity contribution in [2.24, 2.45) is 0 Å². The van der Waals surface area contributed by atoms with Gasteiger partial charge in [0.1, 0.15) is 5.75 Å². The van der Waals surface area contributed by atoms with E-state index in [1.54, 1.807) is 12.1 Å². The summed E-state index contributed by atoms with van der Waals surface area (Å²) >= 11 is 6.10. The van der Waals surface area contributed by atoms with E-state index in [1.165, 1.54) is 0 Å². The number of halogens is 1. The van der Waals surface area contributed by atoms with Crippen molar-refractivity contribution < 1.29 is 5.11 Å².